The number of ketones is 1. The molecule has 0 radical (unpaired) electrons. The summed E-state index contributed by atoms with van der Waals surface area (Å²) in [6.45, 7) is 6.86. The fourth-order valence-corrected chi connectivity index (χ4v) is 5.52. The van der Waals surface area contributed by atoms with Crippen molar-refractivity contribution in [2.24, 2.45) is 5.41 Å². The van der Waals surface area contributed by atoms with Gasteiger partial charge in [-0.15, -0.1) is 0 Å². The second-order valence-electron chi connectivity index (χ2n) is 10.9. The number of Topliss-reactive ketones (excluding diaryl/α,β-unsaturated/α-hetero) is 1. The van der Waals surface area contributed by atoms with Crippen LogP contribution in [-0.2, 0) is 21.4 Å². The number of hydrogen-bond acceptors (Lipinski definition) is 4. The van der Waals surface area contributed by atoms with Crippen molar-refractivity contribution in [2.45, 2.75) is 70.6 Å². The first-order valence-electron chi connectivity index (χ1n) is 12.2. The molecule has 1 saturated carbocycles. The highest BCUT2D eigenvalue weighted by Crippen LogP contribution is 2.52. The monoisotopic (exact) mass is 460 g/mol. The molecule has 0 saturated heterocycles. The summed E-state index contributed by atoms with van der Waals surface area (Å²) in [5.41, 5.74) is 5.41. The molecule has 5 heteroatoms. The summed E-state index contributed by atoms with van der Waals surface area (Å²) in [5.74, 6) is 1.21. The smallest absolute Gasteiger partial charge is 0.303 e. The Kier molecular flexibility index (Phi) is 5.54. The van der Waals surface area contributed by atoms with Crippen LogP contribution in [0.3, 0.4) is 0 Å². The first kappa shape index (κ1) is 22.7. The first-order valence-corrected chi connectivity index (χ1v) is 12.2. The molecule has 3 aliphatic rings. The van der Waals surface area contributed by atoms with Gasteiger partial charge in [-0.3, -0.25) is 9.59 Å². The first-order chi connectivity index (χ1) is 16.2. The number of rotatable bonds is 8. The van der Waals surface area contributed by atoms with Crippen LogP contribution in [0, 0.1) is 5.41 Å². The zero-order valence-corrected chi connectivity index (χ0v) is 20.1. The lowest BCUT2D eigenvalue weighted by Crippen LogP contribution is -2.22. The third-order valence-corrected chi connectivity index (χ3v) is 7.54. The van der Waals surface area contributed by atoms with Gasteiger partial charge in [-0.25, -0.2) is 0 Å². The molecule has 1 unspecified atom stereocenters. The lowest BCUT2D eigenvalue weighted by molar-refractivity contribution is -0.137. The van der Waals surface area contributed by atoms with Gasteiger partial charge >= 0.3 is 5.97 Å². The van der Waals surface area contributed by atoms with E-state index in [1.54, 1.807) is 0 Å². The van der Waals surface area contributed by atoms with Crippen molar-refractivity contribution < 1.29 is 24.2 Å². The molecule has 2 aromatic carbocycles. The Balaban J connectivity index is 1.36. The number of allylic oxidation sites excluding steroid dienone is 1. The molecule has 2 aromatic rings. The van der Waals surface area contributed by atoms with Crippen LogP contribution in [0.1, 0.15) is 81.0 Å². The fourth-order valence-electron chi connectivity index (χ4n) is 5.52. The van der Waals surface area contributed by atoms with Crippen LogP contribution in [0.5, 0.6) is 11.5 Å². The number of aliphatic carboxylic acids is 1. The minimum absolute atomic E-state index is 0.000315. The predicted octanol–water partition coefficient (Wildman–Crippen LogP) is 6.04. The maximum absolute atomic E-state index is 13.4. The highest BCUT2D eigenvalue weighted by Gasteiger charge is 2.50. The Morgan fingerprint density at radius 1 is 1.06 bits per heavy atom. The maximum atomic E-state index is 13.4. The number of ether oxygens (including phenoxy) is 2. The molecule has 5 nitrogen and oxygen atoms in total. The summed E-state index contributed by atoms with van der Waals surface area (Å²) in [4.78, 5) is 24.5. The van der Waals surface area contributed by atoms with Crippen LogP contribution in [0.4, 0.5) is 0 Å². The minimum Gasteiger partial charge on any atom is -0.481 e. The average molecular weight is 461 g/mol. The third-order valence-electron chi connectivity index (χ3n) is 7.54. The number of fused-ring (bicyclic) bond motifs is 2. The summed E-state index contributed by atoms with van der Waals surface area (Å²) < 4.78 is 10.9. The molecule has 1 N–H and O–H groups in total. The van der Waals surface area contributed by atoms with Crippen LogP contribution in [0.25, 0.3) is 6.08 Å². The number of carbonyl (C=O) groups is 2. The Hall–Kier alpha value is -3.08. The van der Waals surface area contributed by atoms with E-state index >= 15 is 0 Å². The lowest BCUT2D eigenvalue weighted by Gasteiger charge is -2.27. The van der Waals surface area contributed by atoms with Crippen molar-refractivity contribution in [3.63, 3.8) is 0 Å². The van der Waals surface area contributed by atoms with Crippen molar-refractivity contribution in [2.75, 3.05) is 6.79 Å². The SMILES string of the molecule is CC(C)(C)C1=Cc2cc(CC(=O)C3(c4ccc5c(c4)OCO5)CC3)ccc2C1CCCC(=O)O. The molecule has 2 aliphatic carbocycles. The fraction of sp³-hybridized carbons (Fsp3) is 0.448. The molecule has 0 aromatic heterocycles. The van der Waals surface area contributed by atoms with E-state index in [9.17, 15) is 9.59 Å². The normalized spacial score (nSPS) is 19.5. The number of carbonyl (C=O) groups excluding carboxylic acids is 1. The van der Waals surface area contributed by atoms with Gasteiger partial charge in [0, 0.05) is 18.8 Å². The predicted molar refractivity (Wildman–Crippen MR) is 130 cm³/mol. The second kappa shape index (κ2) is 8.30. The average Bonchev–Trinajstić information content (AvgIpc) is 3.31. The van der Waals surface area contributed by atoms with Gasteiger partial charge < -0.3 is 14.6 Å². The minimum atomic E-state index is -0.746. The number of hydrogen-bond donors (Lipinski definition) is 1. The number of carboxylic acids is 1. The second-order valence-corrected chi connectivity index (χ2v) is 10.9. The quantitative estimate of drug-likeness (QED) is 0.520. The Bertz CT molecular complexity index is 1180. The van der Waals surface area contributed by atoms with E-state index in [2.05, 4.69) is 45.0 Å². The van der Waals surface area contributed by atoms with E-state index in [-0.39, 0.29) is 30.3 Å². The lowest BCUT2D eigenvalue weighted by atomic mass is 9.77. The highest BCUT2D eigenvalue weighted by atomic mass is 16.7. The van der Waals surface area contributed by atoms with E-state index in [1.807, 2.05) is 18.2 Å². The van der Waals surface area contributed by atoms with Crippen LogP contribution in [0.15, 0.2) is 42.0 Å². The maximum Gasteiger partial charge on any atom is 0.303 e. The van der Waals surface area contributed by atoms with Gasteiger partial charge in [0.2, 0.25) is 6.79 Å². The van der Waals surface area contributed by atoms with Gasteiger partial charge in [-0.2, -0.15) is 0 Å². The van der Waals surface area contributed by atoms with Crippen LogP contribution in [-0.4, -0.2) is 23.7 Å². The molecule has 0 spiro atoms. The van der Waals surface area contributed by atoms with Crippen molar-refractivity contribution in [3.05, 3.63) is 64.2 Å². The van der Waals surface area contributed by atoms with Crippen molar-refractivity contribution in [1.29, 1.82) is 0 Å². The molecule has 178 valence electrons. The van der Waals surface area contributed by atoms with Crippen LogP contribution < -0.4 is 9.47 Å². The molecule has 5 rings (SSSR count). The van der Waals surface area contributed by atoms with E-state index in [0.717, 1.165) is 41.9 Å². The van der Waals surface area contributed by atoms with E-state index in [4.69, 9.17) is 14.6 Å². The number of carboxylic acid groups (broad SMARTS) is 1. The summed E-state index contributed by atoms with van der Waals surface area (Å²) in [6.07, 6.45) is 6.09. The topological polar surface area (TPSA) is 72.8 Å². The van der Waals surface area contributed by atoms with Gasteiger partial charge in [-0.1, -0.05) is 56.7 Å². The Morgan fingerprint density at radius 2 is 1.82 bits per heavy atom. The molecule has 1 heterocycles. The molecular weight excluding hydrogens is 428 g/mol. The van der Waals surface area contributed by atoms with Crippen molar-refractivity contribution >= 4 is 17.8 Å². The molecule has 1 aliphatic heterocycles. The zero-order valence-electron chi connectivity index (χ0n) is 20.1. The van der Waals surface area contributed by atoms with E-state index < -0.39 is 11.4 Å². The largest absolute Gasteiger partial charge is 0.481 e. The molecular formula is C29H32O5. The molecule has 1 atom stereocenters. The van der Waals surface area contributed by atoms with Crippen LogP contribution >= 0.6 is 0 Å². The van der Waals surface area contributed by atoms with Crippen molar-refractivity contribution in [3.8, 4) is 11.5 Å². The van der Waals surface area contributed by atoms with Crippen molar-refractivity contribution in [1.82, 2.24) is 0 Å². The molecule has 0 bridgehead atoms. The van der Waals surface area contributed by atoms with Gasteiger partial charge in [-0.05, 0) is 65.5 Å². The third kappa shape index (κ3) is 4.13. The summed E-state index contributed by atoms with van der Waals surface area (Å²) >= 11 is 0. The molecule has 34 heavy (non-hydrogen) atoms. The van der Waals surface area contributed by atoms with Gasteiger partial charge in [0.15, 0.2) is 11.5 Å². The van der Waals surface area contributed by atoms with Crippen LogP contribution in [0.2, 0.25) is 0 Å². The Morgan fingerprint density at radius 3 is 2.53 bits per heavy atom. The van der Waals surface area contributed by atoms with E-state index in [0.29, 0.717) is 12.8 Å². The van der Waals surface area contributed by atoms with Gasteiger partial charge in [0.05, 0.1) is 5.41 Å². The highest BCUT2D eigenvalue weighted by molar-refractivity contribution is 5.95. The molecule has 1 fully saturated rings. The van der Waals surface area contributed by atoms with Gasteiger partial charge in [0.25, 0.3) is 0 Å². The van der Waals surface area contributed by atoms with E-state index in [1.165, 1.54) is 16.7 Å². The molecule has 0 amide bonds. The van der Waals surface area contributed by atoms with Gasteiger partial charge in [0.1, 0.15) is 5.78 Å². The summed E-state index contributed by atoms with van der Waals surface area (Å²) in [6, 6.07) is 12.3. The number of benzene rings is 2. The summed E-state index contributed by atoms with van der Waals surface area (Å²) in [5, 5.41) is 9.07. The Labute approximate surface area is 200 Å². The zero-order chi connectivity index (χ0) is 24.1. The standard InChI is InChI=1S/C29H32O5/c1-28(2,3)23-15-19-13-18(7-9-21(19)22(23)5-4-6-27(31)32)14-26(30)29(11-12-29)20-8-10-24-25(16-20)34-17-33-24/h7-10,13,15-16,22H,4-6,11-12,14,17H2,1-3H3,(H,31,32). The summed E-state index contributed by atoms with van der Waals surface area (Å²) in [7, 11) is 0.